The molecule has 1 atom stereocenters. The van der Waals surface area contributed by atoms with Gasteiger partial charge in [0.05, 0.1) is 4.92 Å². The van der Waals surface area contributed by atoms with Crippen molar-refractivity contribution in [2.75, 3.05) is 19.6 Å². The number of likely N-dealkylation sites (tertiary alicyclic amines) is 1. The number of benzene rings is 1. The van der Waals surface area contributed by atoms with E-state index < -0.39 is 0 Å². The van der Waals surface area contributed by atoms with Gasteiger partial charge >= 0.3 is 0 Å². The molecule has 1 saturated heterocycles. The van der Waals surface area contributed by atoms with Gasteiger partial charge in [-0.05, 0) is 51.4 Å². The van der Waals surface area contributed by atoms with Crippen LogP contribution in [0.3, 0.4) is 0 Å². The van der Waals surface area contributed by atoms with Crippen molar-refractivity contribution in [1.82, 2.24) is 10.2 Å². The van der Waals surface area contributed by atoms with Gasteiger partial charge in [0.15, 0.2) is 0 Å². The highest BCUT2D eigenvalue weighted by molar-refractivity contribution is 5.44. The minimum absolute atomic E-state index is 0.215. The van der Waals surface area contributed by atoms with Crippen molar-refractivity contribution in [3.63, 3.8) is 0 Å². The van der Waals surface area contributed by atoms with Crippen LogP contribution >= 0.6 is 0 Å². The molecule has 0 saturated carbocycles. The summed E-state index contributed by atoms with van der Waals surface area (Å²) in [5.74, 6) is 0. The minimum atomic E-state index is -0.302. The molecule has 1 fully saturated rings. The first-order valence-electron chi connectivity index (χ1n) is 7.80. The molecule has 116 valence electrons. The second kappa shape index (κ2) is 7.52. The molecular weight excluding hydrogens is 266 g/mol. The van der Waals surface area contributed by atoms with Crippen LogP contribution in [0, 0.1) is 17.0 Å². The van der Waals surface area contributed by atoms with Gasteiger partial charge in [-0.1, -0.05) is 19.1 Å². The van der Waals surface area contributed by atoms with Crippen LogP contribution in [0.1, 0.15) is 37.3 Å². The topological polar surface area (TPSA) is 58.4 Å². The fourth-order valence-electron chi connectivity index (χ4n) is 2.99. The van der Waals surface area contributed by atoms with Crippen LogP contribution in [0.15, 0.2) is 18.2 Å². The molecule has 0 spiro atoms. The second-order valence-electron chi connectivity index (χ2n) is 5.76. The maximum atomic E-state index is 11.0. The molecule has 2 rings (SSSR count). The first-order valence-corrected chi connectivity index (χ1v) is 7.80. The van der Waals surface area contributed by atoms with Gasteiger partial charge in [-0.15, -0.1) is 0 Å². The van der Waals surface area contributed by atoms with E-state index in [0.29, 0.717) is 12.6 Å². The summed E-state index contributed by atoms with van der Waals surface area (Å²) in [6.07, 6.45) is 3.56. The molecule has 5 heteroatoms. The Morgan fingerprint density at radius 1 is 1.38 bits per heavy atom. The van der Waals surface area contributed by atoms with Crippen LogP contribution in [0.5, 0.6) is 0 Å². The summed E-state index contributed by atoms with van der Waals surface area (Å²) in [4.78, 5) is 13.2. The van der Waals surface area contributed by atoms with Crippen molar-refractivity contribution >= 4 is 5.69 Å². The van der Waals surface area contributed by atoms with Crippen LogP contribution in [-0.2, 0) is 6.54 Å². The third-order valence-electron chi connectivity index (χ3n) is 4.46. The molecule has 0 aliphatic carbocycles. The van der Waals surface area contributed by atoms with Gasteiger partial charge in [0, 0.05) is 24.2 Å². The van der Waals surface area contributed by atoms with Crippen molar-refractivity contribution < 1.29 is 4.92 Å². The van der Waals surface area contributed by atoms with Crippen molar-refractivity contribution in [2.24, 2.45) is 0 Å². The zero-order valence-electron chi connectivity index (χ0n) is 13.0. The van der Waals surface area contributed by atoms with Gasteiger partial charge in [0.2, 0.25) is 0 Å². The Morgan fingerprint density at radius 3 is 2.90 bits per heavy atom. The molecule has 1 N–H and O–H groups in total. The van der Waals surface area contributed by atoms with Crippen LogP contribution < -0.4 is 5.32 Å². The lowest BCUT2D eigenvalue weighted by atomic mass is 10.1. The maximum Gasteiger partial charge on any atom is 0.272 e. The Bertz CT molecular complexity index is 490. The third-order valence-corrected chi connectivity index (χ3v) is 4.46. The average molecular weight is 291 g/mol. The average Bonchev–Trinajstić information content (AvgIpc) is 2.71. The number of nitrogens with one attached hydrogen (secondary N) is 1. The summed E-state index contributed by atoms with van der Waals surface area (Å²) in [7, 11) is 0. The summed E-state index contributed by atoms with van der Waals surface area (Å²) in [5, 5.41) is 14.6. The smallest absolute Gasteiger partial charge is 0.272 e. The first-order chi connectivity index (χ1) is 10.1. The lowest BCUT2D eigenvalue weighted by Gasteiger charge is -2.19. The first kappa shape index (κ1) is 15.9. The number of nitrogens with zero attached hydrogens (tertiary/aromatic N) is 2. The molecule has 5 nitrogen and oxygen atoms in total. The molecule has 1 heterocycles. The Labute approximate surface area is 126 Å². The molecule has 1 aromatic carbocycles. The SMILES string of the molecule is CCN1CCCC(NCc2cccc([N+](=O)[O-])c2C)CC1. The fourth-order valence-corrected chi connectivity index (χ4v) is 2.99. The van der Waals surface area contributed by atoms with Crippen molar-refractivity contribution in [3.8, 4) is 0 Å². The quantitative estimate of drug-likeness (QED) is 0.669. The van der Waals surface area contributed by atoms with E-state index in [9.17, 15) is 10.1 Å². The monoisotopic (exact) mass is 291 g/mol. The van der Waals surface area contributed by atoms with Crippen molar-refractivity contribution in [1.29, 1.82) is 0 Å². The van der Waals surface area contributed by atoms with E-state index in [-0.39, 0.29) is 10.6 Å². The van der Waals surface area contributed by atoms with Gasteiger partial charge in [-0.25, -0.2) is 0 Å². The predicted molar refractivity (Wildman–Crippen MR) is 84.4 cm³/mol. The Kier molecular flexibility index (Phi) is 5.70. The number of nitro groups is 1. The van der Waals surface area contributed by atoms with Gasteiger partial charge in [0.1, 0.15) is 0 Å². The van der Waals surface area contributed by atoms with E-state index in [1.165, 1.54) is 19.4 Å². The number of hydrogen-bond donors (Lipinski definition) is 1. The lowest BCUT2D eigenvalue weighted by molar-refractivity contribution is -0.385. The lowest BCUT2D eigenvalue weighted by Crippen LogP contribution is -2.30. The molecule has 1 aromatic rings. The molecule has 1 aliphatic heterocycles. The van der Waals surface area contributed by atoms with E-state index in [4.69, 9.17) is 0 Å². The largest absolute Gasteiger partial charge is 0.310 e. The van der Waals surface area contributed by atoms with E-state index in [0.717, 1.165) is 30.6 Å². The summed E-state index contributed by atoms with van der Waals surface area (Å²) >= 11 is 0. The van der Waals surface area contributed by atoms with Gasteiger partial charge in [0.25, 0.3) is 5.69 Å². The van der Waals surface area contributed by atoms with E-state index in [1.807, 2.05) is 13.0 Å². The highest BCUT2D eigenvalue weighted by Crippen LogP contribution is 2.21. The summed E-state index contributed by atoms with van der Waals surface area (Å²) < 4.78 is 0. The Balaban J connectivity index is 1.94. The summed E-state index contributed by atoms with van der Waals surface area (Å²) in [5.41, 5.74) is 2.02. The molecule has 1 aliphatic rings. The molecule has 0 radical (unpaired) electrons. The molecular formula is C16H25N3O2. The van der Waals surface area contributed by atoms with Crippen LogP contribution in [-0.4, -0.2) is 35.5 Å². The fraction of sp³-hybridized carbons (Fsp3) is 0.625. The van der Waals surface area contributed by atoms with Crippen LogP contribution in [0.4, 0.5) is 5.69 Å². The van der Waals surface area contributed by atoms with E-state index >= 15 is 0 Å². The van der Waals surface area contributed by atoms with Crippen molar-refractivity contribution in [2.45, 2.75) is 45.7 Å². The molecule has 1 unspecified atom stereocenters. The zero-order chi connectivity index (χ0) is 15.2. The molecule has 0 amide bonds. The predicted octanol–water partition coefficient (Wildman–Crippen LogP) is 2.87. The standard InChI is InChI=1S/C16H25N3O2/c1-3-18-10-5-7-15(9-11-18)17-12-14-6-4-8-16(13(14)2)19(20)21/h4,6,8,15,17H,3,5,7,9-12H2,1-2H3. The number of nitro benzene ring substituents is 1. The zero-order valence-corrected chi connectivity index (χ0v) is 13.0. The third kappa shape index (κ3) is 4.25. The number of rotatable bonds is 5. The highest BCUT2D eigenvalue weighted by atomic mass is 16.6. The van der Waals surface area contributed by atoms with Crippen LogP contribution in [0.25, 0.3) is 0 Å². The normalized spacial score (nSPS) is 20.2. The second-order valence-corrected chi connectivity index (χ2v) is 5.76. The molecule has 21 heavy (non-hydrogen) atoms. The summed E-state index contributed by atoms with van der Waals surface area (Å²) in [6.45, 7) is 8.20. The van der Waals surface area contributed by atoms with Gasteiger partial charge in [-0.3, -0.25) is 10.1 Å². The maximum absolute atomic E-state index is 11.0. The van der Waals surface area contributed by atoms with Crippen LogP contribution in [0.2, 0.25) is 0 Å². The van der Waals surface area contributed by atoms with Crippen molar-refractivity contribution in [3.05, 3.63) is 39.4 Å². The Hall–Kier alpha value is -1.46. The molecule has 0 aromatic heterocycles. The Morgan fingerprint density at radius 2 is 2.19 bits per heavy atom. The molecule has 0 bridgehead atoms. The highest BCUT2D eigenvalue weighted by Gasteiger charge is 2.17. The summed E-state index contributed by atoms with van der Waals surface area (Å²) in [6, 6.07) is 5.84. The van der Waals surface area contributed by atoms with Gasteiger partial charge in [-0.2, -0.15) is 0 Å². The van der Waals surface area contributed by atoms with Gasteiger partial charge < -0.3 is 10.2 Å². The van der Waals surface area contributed by atoms with E-state index in [1.54, 1.807) is 12.1 Å². The minimum Gasteiger partial charge on any atom is -0.310 e. The van der Waals surface area contributed by atoms with E-state index in [2.05, 4.69) is 17.1 Å². The number of hydrogen-bond acceptors (Lipinski definition) is 4.